The first kappa shape index (κ1) is 13.3. The van der Waals surface area contributed by atoms with E-state index in [-0.39, 0.29) is 0 Å². The first-order valence-electron chi connectivity index (χ1n) is 5.93. The van der Waals surface area contributed by atoms with Crippen molar-refractivity contribution in [3.05, 3.63) is 0 Å². The minimum atomic E-state index is 0.611. The summed E-state index contributed by atoms with van der Waals surface area (Å²) in [5, 5.41) is 6.35. The van der Waals surface area contributed by atoms with Gasteiger partial charge in [-0.15, -0.1) is 0 Å². The summed E-state index contributed by atoms with van der Waals surface area (Å²) in [4.78, 5) is 6.59. The van der Waals surface area contributed by atoms with E-state index >= 15 is 0 Å². The molecular weight excluding hydrogens is 204 g/mol. The van der Waals surface area contributed by atoms with Gasteiger partial charge in [-0.2, -0.15) is 0 Å². The lowest BCUT2D eigenvalue weighted by molar-refractivity contribution is 0.141. The van der Waals surface area contributed by atoms with Crippen molar-refractivity contribution in [2.45, 2.75) is 18.9 Å². The van der Waals surface area contributed by atoms with E-state index < -0.39 is 0 Å². The van der Waals surface area contributed by atoms with Gasteiger partial charge < -0.3 is 15.4 Å². The van der Waals surface area contributed by atoms with Crippen LogP contribution in [0.15, 0.2) is 4.99 Å². The Bertz CT molecular complexity index is 220. The Balaban J connectivity index is 2.29. The Labute approximate surface area is 98.3 Å². The van der Waals surface area contributed by atoms with Crippen LogP contribution in [0.25, 0.3) is 0 Å². The van der Waals surface area contributed by atoms with Gasteiger partial charge in [0.15, 0.2) is 5.96 Å². The third-order valence-electron chi connectivity index (χ3n) is 3.05. The van der Waals surface area contributed by atoms with Crippen LogP contribution in [0.2, 0.25) is 0 Å². The zero-order valence-corrected chi connectivity index (χ0v) is 10.6. The number of ether oxygens (including phenoxy) is 1. The van der Waals surface area contributed by atoms with Crippen LogP contribution in [0.5, 0.6) is 0 Å². The van der Waals surface area contributed by atoms with Crippen LogP contribution in [0.4, 0.5) is 0 Å². The van der Waals surface area contributed by atoms with E-state index in [0.717, 1.165) is 25.7 Å². The first-order chi connectivity index (χ1) is 7.81. The second-order valence-electron chi connectivity index (χ2n) is 4.03. The molecule has 1 fully saturated rings. The van der Waals surface area contributed by atoms with Gasteiger partial charge in [-0.1, -0.05) is 0 Å². The summed E-state index contributed by atoms with van der Waals surface area (Å²) >= 11 is 0. The standard InChI is InChI=1S/C11H24N4O/c1-12-11(13-2)14-9-10-5-4-6-15(10)7-8-16-3/h10H,4-9H2,1-3H3,(H2,12,13,14). The van der Waals surface area contributed by atoms with E-state index in [1.165, 1.54) is 19.4 Å². The normalized spacial score (nSPS) is 22.4. The van der Waals surface area contributed by atoms with Gasteiger partial charge in [-0.25, -0.2) is 0 Å². The zero-order chi connectivity index (χ0) is 11.8. The number of rotatable bonds is 5. The van der Waals surface area contributed by atoms with Crippen LogP contribution < -0.4 is 10.6 Å². The lowest BCUT2D eigenvalue weighted by atomic mass is 10.2. The summed E-state index contributed by atoms with van der Waals surface area (Å²) in [6.07, 6.45) is 2.55. The highest BCUT2D eigenvalue weighted by Gasteiger charge is 2.23. The van der Waals surface area contributed by atoms with Crippen molar-refractivity contribution < 1.29 is 4.74 Å². The number of guanidine groups is 1. The number of likely N-dealkylation sites (tertiary alicyclic amines) is 1. The van der Waals surface area contributed by atoms with Crippen molar-refractivity contribution in [2.75, 3.05) is 47.4 Å². The Kier molecular flexibility index (Phi) is 6.18. The summed E-state index contributed by atoms with van der Waals surface area (Å²) in [5.41, 5.74) is 0. The molecule has 0 aliphatic carbocycles. The zero-order valence-electron chi connectivity index (χ0n) is 10.6. The van der Waals surface area contributed by atoms with E-state index in [1.807, 2.05) is 7.05 Å². The van der Waals surface area contributed by atoms with Crippen LogP contribution >= 0.6 is 0 Å². The van der Waals surface area contributed by atoms with Crippen molar-refractivity contribution in [3.8, 4) is 0 Å². The largest absolute Gasteiger partial charge is 0.383 e. The molecule has 1 unspecified atom stereocenters. The summed E-state index contributed by atoms with van der Waals surface area (Å²) in [7, 11) is 5.43. The predicted octanol–water partition coefficient (Wildman–Crippen LogP) is -0.108. The highest BCUT2D eigenvalue weighted by atomic mass is 16.5. The molecular formula is C11H24N4O. The molecule has 0 saturated carbocycles. The highest BCUT2D eigenvalue weighted by molar-refractivity contribution is 5.79. The Morgan fingerprint density at radius 3 is 3.00 bits per heavy atom. The van der Waals surface area contributed by atoms with Crippen molar-refractivity contribution >= 4 is 5.96 Å². The minimum absolute atomic E-state index is 0.611. The average molecular weight is 228 g/mol. The molecule has 0 amide bonds. The van der Waals surface area contributed by atoms with E-state index in [9.17, 15) is 0 Å². The van der Waals surface area contributed by atoms with Crippen molar-refractivity contribution in [2.24, 2.45) is 4.99 Å². The van der Waals surface area contributed by atoms with Gasteiger partial charge in [0.05, 0.1) is 6.61 Å². The lowest BCUT2D eigenvalue weighted by Gasteiger charge is -2.24. The van der Waals surface area contributed by atoms with Gasteiger partial charge in [0, 0.05) is 40.3 Å². The molecule has 0 radical (unpaired) electrons. The molecule has 5 heteroatoms. The third-order valence-corrected chi connectivity index (χ3v) is 3.05. The maximum absolute atomic E-state index is 5.12. The lowest BCUT2D eigenvalue weighted by Crippen LogP contribution is -2.44. The number of nitrogens with zero attached hydrogens (tertiary/aromatic N) is 2. The second kappa shape index (κ2) is 7.46. The predicted molar refractivity (Wildman–Crippen MR) is 66.9 cm³/mol. The van der Waals surface area contributed by atoms with Crippen molar-refractivity contribution in [3.63, 3.8) is 0 Å². The number of hydrogen-bond donors (Lipinski definition) is 2. The highest BCUT2D eigenvalue weighted by Crippen LogP contribution is 2.15. The molecule has 94 valence electrons. The van der Waals surface area contributed by atoms with Crippen molar-refractivity contribution in [1.82, 2.24) is 15.5 Å². The smallest absolute Gasteiger partial charge is 0.190 e. The first-order valence-corrected chi connectivity index (χ1v) is 5.93. The summed E-state index contributed by atoms with van der Waals surface area (Å²) in [5.74, 6) is 0.860. The molecule has 2 N–H and O–H groups in total. The fourth-order valence-electron chi connectivity index (χ4n) is 2.12. The van der Waals surface area contributed by atoms with E-state index in [4.69, 9.17) is 4.74 Å². The molecule has 1 aliphatic rings. The Morgan fingerprint density at radius 2 is 2.38 bits per heavy atom. The van der Waals surface area contributed by atoms with Gasteiger partial charge >= 0.3 is 0 Å². The summed E-state index contributed by atoms with van der Waals surface area (Å²) < 4.78 is 5.12. The molecule has 0 aromatic heterocycles. The topological polar surface area (TPSA) is 48.9 Å². The van der Waals surface area contributed by atoms with E-state index in [1.54, 1.807) is 14.2 Å². The second-order valence-corrected chi connectivity index (χ2v) is 4.03. The number of hydrogen-bond acceptors (Lipinski definition) is 3. The molecule has 1 atom stereocenters. The fraction of sp³-hybridized carbons (Fsp3) is 0.909. The number of methoxy groups -OCH3 is 1. The van der Waals surface area contributed by atoms with Gasteiger partial charge in [0.2, 0.25) is 0 Å². The molecule has 5 nitrogen and oxygen atoms in total. The van der Waals surface area contributed by atoms with E-state index in [2.05, 4.69) is 20.5 Å². The molecule has 1 aliphatic heterocycles. The molecule has 0 spiro atoms. The van der Waals surface area contributed by atoms with Crippen LogP contribution in [-0.4, -0.2) is 64.3 Å². The SMILES string of the molecule is CN=C(NC)NCC1CCCN1CCOC. The third kappa shape index (κ3) is 3.98. The monoisotopic (exact) mass is 228 g/mol. The Hall–Kier alpha value is -0.810. The molecule has 16 heavy (non-hydrogen) atoms. The summed E-state index contributed by atoms with van der Waals surface area (Å²) in [6, 6.07) is 0.611. The molecule has 0 aromatic rings. The molecule has 1 heterocycles. The average Bonchev–Trinajstić information content (AvgIpc) is 2.75. The molecule has 0 bridgehead atoms. The fourth-order valence-corrected chi connectivity index (χ4v) is 2.12. The van der Waals surface area contributed by atoms with Gasteiger partial charge in [0.1, 0.15) is 0 Å². The van der Waals surface area contributed by atoms with Crippen molar-refractivity contribution in [1.29, 1.82) is 0 Å². The molecule has 0 aromatic carbocycles. The van der Waals surface area contributed by atoms with E-state index in [0.29, 0.717) is 6.04 Å². The minimum Gasteiger partial charge on any atom is -0.383 e. The maximum atomic E-state index is 5.12. The van der Waals surface area contributed by atoms with Gasteiger partial charge in [-0.3, -0.25) is 9.89 Å². The van der Waals surface area contributed by atoms with Gasteiger partial charge in [-0.05, 0) is 19.4 Å². The van der Waals surface area contributed by atoms with Gasteiger partial charge in [0.25, 0.3) is 0 Å². The number of nitrogens with one attached hydrogen (secondary N) is 2. The molecule has 1 saturated heterocycles. The maximum Gasteiger partial charge on any atom is 0.190 e. The van der Waals surface area contributed by atoms with Crippen LogP contribution in [0.3, 0.4) is 0 Å². The van der Waals surface area contributed by atoms with Crippen LogP contribution in [0.1, 0.15) is 12.8 Å². The van der Waals surface area contributed by atoms with Crippen LogP contribution in [0, 0.1) is 0 Å². The summed E-state index contributed by atoms with van der Waals surface area (Å²) in [6.45, 7) is 3.99. The number of aliphatic imine (C=N–C) groups is 1. The quantitative estimate of drug-likeness (QED) is 0.509. The Morgan fingerprint density at radius 1 is 1.56 bits per heavy atom. The molecule has 1 rings (SSSR count). The van der Waals surface area contributed by atoms with Crippen LogP contribution in [-0.2, 0) is 4.74 Å².